The molecule has 0 amide bonds. The van der Waals surface area contributed by atoms with E-state index in [-0.39, 0.29) is 4.90 Å². The number of aromatic nitrogens is 2. The van der Waals surface area contributed by atoms with Crippen molar-refractivity contribution in [2.24, 2.45) is 7.05 Å². The Hall–Kier alpha value is -1.65. The average Bonchev–Trinajstić information content (AvgIpc) is 3.21. The van der Waals surface area contributed by atoms with Crippen molar-refractivity contribution in [1.29, 1.82) is 0 Å². The van der Waals surface area contributed by atoms with Gasteiger partial charge < -0.3 is 0 Å². The Morgan fingerprint density at radius 2 is 1.58 bits per heavy atom. The summed E-state index contributed by atoms with van der Waals surface area (Å²) in [5.74, 6) is 0. The molecule has 0 aliphatic carbocycles. The van der Waals surface area contributed by atoms with Crippen LogP contribution in [0.25, 0.3) is 0 Å². The summed E-state index contributed by atoms with van der Waals surface area (Å²) in [6, 6.07) is 6.12. The molecule has 1 N–H and O–H groups in total. The third kappa shape index (κ3) is 3.45. The molecular weight excluding hydrogens is 371 g/mol. The zero-order chi connectivity index (χ0) is 19.1. The summed E-state index contributed by atoms with van der Waals surface area (Å²) in [6.07, 6.45) is 1.77. The maximum absolute atomic E-state index is 13.1. The summed E-state index contributed by atoms with van der Waals surface area (Å²) in [5, 5.41) is 4.29. The molecule has 1 aliphatic rings. The molecule has 0 bridgehead atoms. The van der Waals surface area contributed by atoms with Gasteiger partial charge in [-0.1, -0.05) is 0 Å². The van der Waals surface area contributed by atoms with Crippen LogP contribution in [-0.2, 0) is 26.6 Å². The quantitative estimate of drug-likeness (QED) is 0.775. The van der Waals surface area contributed by atoms with Crippen LogP contribution >= 0.6 is 0 Å². The van der Waals surface area contributed by atoms with E-state index in [2.05, 4.69) is 16.5 Å². The molecule has 2 heterocycles. The number of nitrogens with one attached hydrogen (secondary N) is 1. The van der Waals surface area contributed by atoms with Crippen LogP contribution in [0.5, 0.6) is 0 Å². The minimum atomic E-state index is -3.48. The fourth-order valence-corrected chi connectivity index (χ4v) is 5.89. The van der Waals surface area contributed by atoms with Crippen molar-refractivity contribution in [1.82, 2.24) is 14.1 Å². The first-order chi connectivity index (χ1) is 12.1. The fraction of sp³-hybridized carbons (Fsp3) is 0.438. The van der Waals surface area contributed by atoms with Crippen LogP contribution in [0.2, 0.25) is 0 Å². The van der Waals surface area contributed by atoms with Crippen molar-refractivity contribution in [3.05, 3.63) is 35.7 Å². The van der Waals surface area contributed by atoms with E-state index in [0.29, 0.717) is 23.7 Å². The molecule has 1 saturated heterocycles. The van der Waals surface area contributed by atoms with Gasteiger partial charge in [0.2, 0.25) is 0 Å². The van der Waals surface area contributed by atoms with Crippen LogP contribution < -0.4 is 4.72 Å². The van der Waals surface area contributed by atoms with E-state index >= 15 is 0 Å². The fourth-order valence-electron chi connectivity index (χ4n) is 3.05. The van der Waals surface area contributed by atoms with Gasteiger partial charge in [0.05, 0.1) is 0 Å². The predicted octanol–water partition coefficient (Wildman–Crippen LogP) is 1.31. The summed E-state index contributed by atoms with van der Waals surface area (Å²) in [5.41, 5.74) is 2.27. The van der Waals surface area contributed by atoms with Crippen LogP contribution in [0.4, 0.5) is 5.69 Å². The number of nitrogens with zero attached hydrogens (tertiary/aromatic N) is 3. The Morgan fingerprint density at radius 3 is 2.08 bits per heavy atom. The van der Waals surface area contributed by atoms with Gasteiger partial charge in [0.1, 0.15) is 0 Å². The Morgan fingerprint density at radius 1 is 1.04 bits per heavy atom. The van der Waals surface area contributed by atoms with Crippen LogP contribution in [0.15, 0.2) is 34.1 Å². The van der Waals surface area contributed by atoms with E-state index in [1.165, 1.54) is 16.4 Å². The second-order valence-corrected chi connectivity index (χ2v) is 10.5. The summed E-state index contributed by atoms with van der Waals surface area (Å²) in [7, 11) is -4.51. The number of sulfonamides is 1. The molecular formula is C16H23BN4O3S2. The van der Waals surface area contributed by atoms with Crippen molar-refractivity contribution in [3.8, 4) is 0 Å². The second-order valence-electron chi connectivity index (χ2n) is 6.53. The molecule has 1 aliphatic heterocycles. The topological polar surface area (TPSA) is 84.3 Å². The van der Waals surface area contributed by atoms with Gasteiger partial charge in [0, 0.05) is 0 Å². The third-order valence-electron chi connectivity index (χ3n) is 4.68. The predicted molar refractivity (Wildman–Crippen MR) is 104 cm³/mol. The molecule has 0 spiro atoms. The molecule has 3 rings (SSSR count). The summed E-state index contributed by atoms with van der Waals surface area (Å²) in [6.45, 7) is 8.63. The first-order valence-corrected chi connectivity index (χ1v) is 11.5. The van der Waals surface area contributed by atoms with Gasteiger partial charge in [0.15, 0.2) is 0 Å². The number of aryl methyl sites for hydroxylation is 2. The molecule has 0 radical (unpaired) electrons. The zero-order valence-electron chi connectivity index (χ0n) is 15.2. The number of anilines is 1. The molecule has 26 heavy (non-hydrogen) atoms. The van der Waals surface area contributed by atoms with Gasteiger partial charge in [0.25, 0.3) is 0 Å². The van der Waals surface area contributed by atoms with Crippen molar-refractivity contribution in [2.75, 3.05) is 17.8 Å². The van der Waals surface area contributed by atoms with E-state index in [1.807, 2.05) is 20.9 Å². The van der Waals surface area contributed by atoms with Gasteiger partial charge in [-0.3, -0.25) is 0 Å². The first-order valence-electron chi connectivity index (χ1n) is 8.38. The molecule has 1 fully saturated rings. The van der Waals surface area contributed by atoms with Crippen molar-refractivity contribution < 1.29 is 12.6 Å². The molecule has 0 saturated carbocycles. The summed E-state index contributed by atoms with van der Waals surface area (Å²) in [4.78, 5) is 0.660. The third-order valence-corrected chi connectivity index (χ3v) is 8.16. The van der Waals surface area contributed by atoms with Crippen molar-refractivity contribution in [2.45, 2.75) is 36.5 Å². The van der Waals surface area contributed by atoms with Crippen molar-refractivity contribution >= 4 is 32.0 Å². The molecule has 1 aromatic heterocycles. The molecule has 1 atom stereocenters. The van der Waals surface area contributed by atoms with E-state index in [9.17, 15) is 12.6 Å². The Bertz CT molecular complexity index is 1020. The van der Waals surface area contributed by atoms with Crippen LogP contribution in [0, 0.1) is 13.8 Å². The molecule has 2 aromatic rings. The molecule has 1 aromatic carbocycles. The molecule has 7 nitrogen and oxygen atoms in total. The van der Waals surface area contributed by atoms with Gasteiger partial charge in [-0.25, -0.2) is 0 Å². The molecule has 1 unspecified atom stereocenters. The zero-order valence-corrected chi connectivity index (χ0v) is 16.9. The Labute approximate surface area is 155 Å². The summed E-state index contributed by atoms with van der Waals surface area (Å²) >= 11 is 0. The van der Waals surface area contributed by atoms with Crippen molar-refractivity contribution in [3.63, 3.8) is 0 Å². The normalized spacial score (nSPS) is 17.9. The number of hydrogen-bond donors (Lipinski definition) is 1. The van der Waals surface area contributed by atoms with E-state index in [1.54, 1.807) is 16.8 Å². The molecule has 140 valence electrons. The van der Waals surface area contributed by atoms with Gasteiger partial charge in [-0.2, -0.15) is 0 Å². The van der Waals surface area contributed by atoms with Gasteiger partial charge >= 0.3 is 156 Å². The summed E-state index contributed by atoms with van der Waals surface area (Å²) < 4.78 is 44.4. The Kier molecular flexibility index (Phi) is 5.02. The second kappa shape index (κ2) is 6.82. The van der Waals surface area contributed by atoms with E-state index < -0.39 is 19.6 Å². The van der Waals surface area contributed by atoms with E-state index in [4.69, 9.17) is 0 Å². The monoisotopic (exact) mass is 394 g/mol. The molecule has 10 heteroatoms. The number of rotatable bonds is 5. The maximum atomic E-state index is 13.1. The average molecular weight is 394 g/mol. The number of benzene rings is 1. The number of hydrogen-bond acceptors (Lipinski definition) is 4. The van der Waals surface area contributed by atoms with Crippen LogP contribution in [0.3, 0.4) is 0 Å². The standard InChI is InChI=1S/C16H23BN4O3S2/c1-12-16(13(2)20(3)18-12)19-25(17,22)14-6-8-15(9-7-14)26(23,24)21-10-4-5-11-21/h6-9,17H,4-5,10-11H2,1-3H3,(H,19,22). The van der Waals surface area contributed by atoms with Gasteiger partial charge in [-0.05, 0) is 0 Å². The Balaban J connectivity index is 1.87. The van der Waals surface area contributed by atoms with Crippen LogP contribution in [0.1, 0.15) is 24.2 Å². The SMILES string of the molecule is B=S(=O)(Nc1c(C)nn(C)c1C)c1ccc(S(=O)(=O)N2CCCC2)cc1. The van der Waals surface area contributed by atoms with E-state index in [0.717, 1.165) is 24.2 Å². The van der Waals surface area contributed by atoms with Crippen LogP contribution in [-0.4, -0.2) is 46.5 Å². The minimum absolute atomic E-state index is 0.215. The van der Waals surface area contributed by atoms with Gasteiger partial charge in [-0.15, -0.1) is 0 Å². The first kappa shape index (κ1) is 19.1.